The van der Waals surface area contributed by atoms with Crippen LogP contribution < -0.4 is 10.6 Å². The minimum absolute atomic E-state index is 0.0372. The Morgan fingerprint density at radius 3 is 2.47 bits per heavy atom. The van der Waals surface area contributed by atoms with E-state index in [1.807, 2.05) is 12.1 Å². The smallest absolute Gasteiger partial charge is 0.270 e. The molecule has 2 aliphatic carbocycles. The van der Waals surface area contributed by atoms with E-state index in [-0.39, 0.29) is 5.91 Å². The average Bonchev–Trinajstić information content (AvgIpc) is 3.25. The third-order valence-corrected chi connectivity index (χ3v) is 3.88. The van der Waals surface area contributed by atoms with Gasteiger partial charge in [-0.25, -0.2) is 4.98 Å². The van der Waals surface area contributed by atoms with E-state index in [1.165, 1.54) is 32.1 Å². The van der Waals surface area contributed by atoms with E-state index < -0.39 is 0 Å². The van der Waals surface area contributed by atoms with Gasteiger partial charge in [-0.15, -0.1) is 0 Å². The van der Waals surface area contributed by atoms with E-state index in [1.54, 1.807) is 6.20 Å². The monoisotopic (exact) mass is 259 g/mol. The molecule has 1 heterocycles. The maximum absolute atomic E-state index is 12.1. The first-order valence-corrected chi connectivity index (χ1v) is 7.35. The van der Waals surface area contributed by atoms with Gasteiger partial charge in [-0.2, -0.15) is 0 Å². The summed E-state index contributed by atoms with van der Waals surface area (Å²) in [4.78, 5) is 16.3. The van der Waals surface area contributed by atoms with Crippen LogP contribution >= 0.6 is 0 Å². The molecule has 1 aromatic rings. The third kappa shape index (κ3) is 3.46. The highest BCUT2D eigenvalue weighted by molar-refractivity contribution is 5.92. The maximum Gasteiger partial charge on any atom is 0.270 e. The van der Waals surface area contributed by atoms with Gasteiger partial charge in [0.05, 0.1) is 11.9 Å². The Labute approximate surface area is 114 Å². The van der Waals surface area contributed by atoms with Crippen molar-refractivity contribution in [3.8, 4) is 0 Å². The number of rotatable bonds is 4. The molecule has 0 aliphatic heterocycles. The van der Waals surface area contributed by atoms with Crippen LogP contribution in [0.25, 0.3) is 0 Å². The SMILES string of the molecule is O=C(NC1CCCCC1)c1ccc(NC2CC2)cn1. The summed E-state index contributed by atoms with van der Waals surface area (Å²) in [6, 6.07) is 4.71. The van der Waals surface area contributed by atoms with Crippen molar-refractivity contribution in [1.29, 1.82) is 0 Å². The van der Waals surface area contributed by atoms with E-state index in [0.29, 0.717) is 17.8 Å². The van der Waals surface area contributed by atoms with E-state index in [2.05, 4.69) is 15.6 Å². The summed E-state index contributed by atoms with van der Waals surface area (Å²) in [5.74, 6) is -0.0372. The largest absolute Gasteiger partial charge is 0.381 e. The van der Waals surface area contributed by atoms with E-state index in [9.17, 15) is 4.79 Å². The standard InChI is InChI=1S/C15H21N3O/c19-15(18-11-4-2-1-3-5-11)14-9-8-13(10-16-14)17-12-6-7-12/h8-12,17H,1-7H2,(H,18,19). The normalized spacial score (nSPS) is 20.0. The molecule has 2 aliphatic rings. The lowest BCUT2D eigenvalue weighted by atomic mass is 9.95. The van der Waals surface area contributed by atoms with Crippen LogP contribution in [0.3, 0.4) is 0 Å². The third-order valence-electron chi connectivity index (χ3n) is 3.88. The molecule has 0 aromatic carbocycles. The number of carbonyl (C=O) groups is 1. The van der Waals surface area contributed by atoms with Crippen molar-refractivity contribution >= 4 is 11.6 Å². The summed E-state index contributed by atoms with van der Waals surface area (Å²) in [7, 11) is 0. The molecule has 1 aromatic heterocycles. The molecule has 0 spiro atoms. The number of hydrogen-bond acceptors (Lipinski definition) is 3. The molecular formula is C15H21N3O. The second-order valence-electron chi connectivity index (χ2n) is 5.66. The summed E-state index contributed by atoms with van der Waals surface area (Å²) in [5.41, 5.74) is 1.53. The van der Waals surface area contributed by atoms with Gasteiger partial charge < -0.3 is 10.6 Å². The van der Waals surface area contributed by atoms with Crippen molar-refractivity contribution < 1.29 is 4.79 Å². The molecule has 4 heteroatoms. The van der Waals surface area contributed by atoms with Crippen molar-refractivity contribution in [2.24, 2.45) is 0 Å². The molecule has 102 valence electrons. The minimum atomic E-state index is -0.0372. The zero-order valence-corrected chi connectivity index (χ0v) is 11.2. The Bertz CT molecular complexity index is 433. The van der Waals surface area contributed by atoms with Gasteiger partial charge in [0.2, 0.25) is 0 Å². The van der Waals surface area contributed by atoms with Crippen LogP contribution in [-0.2, 0) is 0 Å². The number of amides is 1. The van der Waals surface area contributed by atoms with Gasteiger partial charge in [0.1, 0.15) is 5.69 Å². The first-order chi connectivity index (χ1) is 9.31. The second-order valence-corrected chi connectivity index (χ2v) is 5.66. The molecule has 0 radical (unpaired) electrons. The molecule has 4 nitrogen and oxygen atoms in total. The molecule has 1 amide bonds. The predicted molar refractivity (Wildman–Crippen MR) is 75.2 cm³/mol. The van der Waals surface area contributed by atoms with Gasteiger partial charge >= 0.3 is 0 Å². The van der Waals surface area contributed by atoms with Gasteiger partial charge in [-0.3, -0.25) is 4.79 Å². The van der Waals surface area contributed by atoms with Crippen molar-refractivity contribution in [3.05, 3.63) is 24.0 Å². The zero-order valence-electron chi connectivity index (χ0n) is 11.2. The summed E-state index contributed by atoms with van der Waals surface area (Å²) in [6.07, 6.45) is 10.2. The number of anilines is 1. The Morgan fingerprint density at radius 2 is 1.84 bits per heavy atom. The molecule has 0 bridgehead atoms. The molecule has 0 unspecified atom stereocenters. The van der Waals surface area contributed by atoms with Crippen LogP contribution in [0.1, 0.15) is 55.4 Å². The summed E-state index contributed by atoms with van der Waals surface area (Å²) in [5, 5.41) is 6.46. The molecule has 19 heavy (non-hydrogen) atoms. The van der Waals surface area contributed by atoms with Gasteiger partial charge in [0, 0.05) is 12.1 Å². The molecular weight excluding hydrogens is 238 g/mol. The first kappa shape index (κ1) is 12.5. The Morgan fingerprint density at radius 1 is 1.05 bits per heavy atom. The quantitative estimate of drug-likeness (QED) is 0.874. The molecule has 0 saturated heterocycles. The van der Waals surface area contributed by atoms with Crippen molar-refractivity contribution in [2.45, 2.75) is 57.0 Å². The summed E-state index contributed by atoms with van der Waals surface area (Å²) < 4.78 is 0. The van der Waals surface area contributed by atoms with E-state index >= 15 is 0 Å². The topological polar surface area (TPSA) is 54.0 Å². The maximum atomic E-state index is 12.1. The highest BCUT2D eigenvalue weighted by Crippen LogP contribution is 2.24. The highest BCUT2D eigenvalue weighted by Gasteiger charge is 2.21. The number of carbonyl (C=O) groups excluding carboxylic acids is 1. The van der Waals surface area contributed by atoms with Gasteiger partial charge in [-0.1, -0.05) is 19.3 Å². The van der Waals surface area contributed by atoms with E-state index in [0.717, 1.165) is 18.5 Å². The number of pyridine rings is 1. The van der Waals surface area contributed by atoms with Crippen molar-refractivity contribution in [3.63, 3.8) is 0 Å². The van der Waals surface area contributed by atoms with Gasteiger partial charge in [-0.05, 0) is 37.8 Å². The lowest BCUT2D eigenvalue weighted by Gasteiger charge is -2.22. The first-order valence-electron chi connectivity index (χ1n) is 7.35. The Hall–Kier alpha value is -1.58. The van der Waals surface area contributed by atoms with Crippen molar-refractivity contribution in [1.82, 2.24) is 10.3 Å². The van der Waals surface area contributed by atoms with Crippen LogP contribution in [0, 0.1) is 0 Å². The van der Waals surface area contributed by atoms with E-state index in [4.69, 9.17) is 0 Å². The van der Waals surface area contributed by atoms with Crippen LogP contribution in [0.15, 0.2) is 18.3 Å². The minimum Gasteiger partial charge on any atom is -0.381 e. The number of hydrogen-bond donors (Lipinski definition) is 2. The van der Waals surface area contributed by atoms with Crippen molar-refractivity contribution in [2.75, 3.05) is 5.32 Å². The van der Waals surface area contributed by atoms with Crippen LogP contribution in [-0.4, -0.2) is 23.0 Å². The zero-order chi connectivity index (χ0) is 13.1. The fourth-order valence-electron chi connectivity index (χ4n) is 2.58. The number of nitrogens with zero attached hydrogens (tertiary/aromatic N) is 1. The summed E-state index contributed by atoms with van der Waals surface area (Å²) >= 11 is 0. The molecule has 2 saturated carbocycles. The lowest BCUT2D eigenvalue weighted by molar-refractivity contribution is 0.0922. The fraction of sp³-hybridized carbons (Fsp3) is 0.600. The predicted octanol–water partition coefficient (Wildman–Crippen LogP) is 2.72. The molecule has 2 fully saturated rings. The second kappa shape index (κ2) is 5.59. The number of aromatic nitrogens is 1. The summed E-state index contributed by atoms with van der Waals surface area (Å²) in [6.45, 7) is 0. The Kier molecular flexibility index (Phi) is 3.67. The lowest BCUT2D eigenvalue weighted by Crippen LogP contribution is -2.36. The van der Waals surface area contributed by atoms with Crippen LogP contribution in [0.4, 0.5) is 5.69 Å². The molecule has 0 atom stereocenters. The molecule has 2 N–H and O–H groups in total. The Balaban J connectivity index is 1.55. The fourth-order valence-corrected chi connectivity index (χ4v) is 2.58. The van der Waals surface area contributed by atoms with Crippen LogP contribution in [0.5, 0.6) is 0 Å². The number of nitrogens with one attached hydrogen (secondary N) is 2. The highest BCUT2D eigenvalue weighted by atomic mass is 16.1. The average molecular weight is 259 g/mol. The van der Waals surface area contributed by atoms with Gasteiger partial charge in [0.15, 0.2) is 0 Å². The van der Waals surface area contributed by atoms with Gasteiger partial charge in [0.25, 0.3) is 5.91 Å². The molecule has 3 rings (SSSR count). The van der Waals surface area contributed by atoms with Crippen LogP contribution in [0.2, 0.25) is 0 Å².